The number of carbonyl (C=O) groups excluding carboxylic acids is 1. The van der Waals surface area contributed by atoms with Gasteiger partial charge in [0.1, 0.15) is 5.78 Å². The van der Waals surface area contributed by atoms with Crippen molar-refractivity contribution in [1.82, 2.24) is 0 Å². The monoisotopic (exact) mass is 314 g/mol. The lowest BCUT2D eigenvalue weighted by atomic mass is 9.78. The van der Waals surface area contributed by atoms with Crippen LogP contribution in [0, 0.1) is 5.92 Å². The van der Waals surface area contributed by atoms with Gasteiger partial charge in [-0.2, -0.15) is 0 Å². The molecule has 23 heavy (non-hydrogen) atoms. The van der Waals surface area contributed by atoms with E-state index in [0.29, 0.717) is 5.78 Å². The molecule has 0 aromatic heterocycles. The van der Waals surface area contributed by atoms with Gasteiger partial charge in [-0.1, -0.05) is 30.7 Å². The van der Waals surface area contributed by atoms with Crippen LogP contribution in [0.25, 0.3) is 0 Å². The third kappa shape index (κ3) is 3.38. The molecule has 124 valence electrons. The average molecular weight is 314 g/mol. The molecule has 0 amide bonds. The number of rotatable bonds is 3. The van der Waals surface area contributed by atoms with E-state index >= 15 is 0 Å². The summed E-state index contributed by atoms with van der Waals surface area (Å²) in [6.07, 6.45) is 4.91. The van der Waals surface area contributed by atoms with Crippen LogP contribution in [0.2, 0.25) is 0 Å². The Bertz CT molecular complexity index is 561. The molecule has 0 bridgehead atoms. The van der Waals surface area contributed by atoms with Crippen molar-refractivity contribution in [3.63, 3.8) is 0 Å². The maximum Gasteiger partial charge on any atom is 0.494 e. The van der Waals surface area contributed by atoms with Gasteiger partial charge in [0.25, 0.3) is 0 Å². The maximum absolute atomic E-state index is 12.0. The SMILES string of the molecule is CC1(C)OB(c2ccc(CC3CCCCC3=O)cc2)OC1(C)C. The molecule has 3 nitrogen and oxygen atoms in total. The first-order chi connectivity index (χ1) is 10.8. The molecule has 1 saturated heterocycles. The molecule has 1 heterocycles. The number of ketones is 1. The summed E-state index contributed by atoms with van der Waals surface area (Å²) in [6, 6.07) is 8.38. The fourth-order valence-electron chi connectivity index (χ4n) is 3.35. The minimum atomic E-state index is -0.315. The van der Waals surface area contributed by atoms with Crippen molar-refractivity contribution in [1.29, 1.82) is 0 Å². The molecule has 0 N–H and O–H groups in total. The topological polar surface area (TPSA) is 35.5 Å². The summed E-state index contributed by atoms with van der Waals surface area (Å²) >= 11 is 0. The minimum Gasteiger partial charge on any atom is -0.399 e. The van der Waals surface area contributed by atoms with Crippen LogP contribution in [0.1, 0.15) is 58.9 Å². The molecule has 1 aliphatic heterocycles. The van der Waals surface area contributed by atoms with Crippen LogP contribution in [0.3, 0.4) is 0 Å². The number of carbonyl (C=O) groups is 1. The Morgan fingerprint density at radius 3 is 2.22 bits per heavy atom. The van der Waals surface area contributed by atoms with Crippen molar-refractivity contribution >= 4 is 18.4 Å². The van der Waals surface area contributed by atoms with E-state index in [1.165, 1.54) is 12.0 Å². The van der Waals surface area contributed by atoms with Crippen LogP contribution in [0.4, 0.5) is 0 Å². The normalized spacial score (nSPS) is 26.5. The molecule has 0 spiro atoms. The molecule has 1 atom stereocenters. The Morgan fingerprint density at radius 2 is 1.65 bits per heavy atom. The van der Waals surface area contributed by atoms with Crippen molar-refractivity contribution in [3.8, 4) is 0 Å². The first-order valence-corrected chi connectivity index (χ1v) is 8.76. The molecule has 4 heteroatoms. The molecule has 0 radical (unpaired) electrons. The molecular weight excluding hydrogens is 287 g/mol. The van der Waals surface area contributed by atoms with E-state index in [9.17, 15) is 4.79 Å². The van der Waals surface area contributed by atoms with Crippen molar-refractivity contribution in [2.45, 2.75) is 71.0 Å². The van der Waals surface area contributed by atoms with Crippen molar-refractivity contribution in [2.24, 2.45) is 5.92 Å². The summed E-state index contributed by atoms with van der Waals surface area (Å²) in [7, 11) is -0.314. The lowest BCUT2D eigenvalue weighted by Crippen LogP contribution is -2.41. The minimum absolute atomic E-state index is 0.214. The fourth-order valence-corrected chi connectivity index (χ4v) is 3.35. The average Bonchev–Trinajstić information content (AvgIpc) is 2.71. The summed E-state index contributed by atoms with van der Waals surface area (Å²) < 4.78 is 12.2. The van der Waals surface area contributed by atoms with E-state index in [2.05, 4.69) is 52.0 Å². The number of Topliss-reactive ketones (excluding diaryl/α,β-unsaturated/α-hetero) is 1. The van der Waals surface area contributed by atoms with Crippen LogP contribution < -0.4 is 5.46 Å². The zero-order chi connectivity index (χ0) is 16.7. The molecule has 1 unspecified atom stereocenters. The molecule has 1 aromatic carbocycles. The van der Waals surface area contributed by atoms with E-state index in [1.807, 2.05) is 0 Å². The fraction of sp³-hybridized carbons (Fsp3) is 0.632. The number of hydrogen-bond donors (Lipinski definition) is 0. The molecule has 2 fully saturated rings. The van der Waals surface area contributed by atoms with E-state index in [-0.39, 0.29) is 24.2 Å². The Balaban J connectivity index is 1.67. The molecule has 3 rings (SSSR count). The second-order valence-electron chi connectivity index (χ2n) is 7.94. The van der Waals surface area contributed by atoms with Crippen molar-refractivity contribution in [3.05, 3.63) is 29.8 Å². The van der Waals surface area contributed by atoms with Crippen molar-refractivity contribution < 1.29 is 14.1 Å². The summed E-state index contributed by atoms with van der Waals surface area (Å²) in [5.41, 5.74) is 1.64. The maximum atomic E-state index is 12.0. The van der Waals surface area contributed by atoms with Gasteiger partial charge in [0.2, 0.25) is 0 Å². The summed E-state index contributed by atoms with van der Waals surface area (Å²) in [4.78, 5) is 12.0. The van der Waals surface area contributed by atoms with E-state index in [1.54, 1.807) is 0 Å². The first-order valence-electron chi connectivity index (χ1n) is 8.76. The van der Waals surface area contributed by atoms with E-state index in [4.69, 9.17) is 9.31 Å². The highest BCUT2D eigenvalue weighted by molar-refractivity contribution is 6.62. The highest BCUT2D eigenvalue weighted by Crippen LogP contribution is 2.36. The van der Waals surface area contributed by atoms with Gasteiger partial charge in [-0.05, 0) is 58.0 Å². The Hall–Kier alpha value is -1.13. The molecular formula is C19H27BO3. The lowest BCUT2D eigenvalue weighted by Gasteiger charge is -2.32. The van der Waals surface area contributed by atoms with E-state index < -0.39 is 0 Å². The van der Waals surface area contributed by atoms with Gasteiger partial charge < -0.3 is 9.31 Å². The van der Waals surface area contributed by atoms with Crippen LogP contribution in [0.15, 0.2) is 24.3 Å². The van der Waals surface area contributed by atoms with Crippen LogP contribution in [-0.2, 0) is 20.5 Å². The summed E-state index contributed by atoms with van der Waals surface area (Å²) in [5.74, 6) is 0.651. The predicted octanol–water partition coefficient (Wildman–Crippen LogP) is 3.29. The Labute approximate surface area is 139 Å². The van der Waals surface area contributed by atoms with Gasteiger partial charge in [-0.3, -0.25) is 4.79 Å². The molecule has 1 aliphatic carbocycles. The predicted molar refractivity (Wildman–Crippen MR) is 92.8 cm³/mol. The molecule has 1 aromatic rings. The van der Waals surface area contributed by atoms with Gasteiger partial charge in [0.15, 0.2) is 0 Å². The van der Waals surface area contributed by atoms with Crippen LogP contribution in [0.5, 0.6) is 0 Å². The second kappa shape index (κ2) is 6.06. The Kier molecular flexibility index (Phi) is 4.41. The van der Waals surface area contributed by atoms with Crippen molar-refractivity contribution in [2.75, 3.05) is 0 Å². The van der Waals surface area contributed by atoms with Crippen LogP contribution >= 0.6 is 0 Å². The van der Waals surface area contributed by atoms with E-state index in [0.717, 1.165) is 31.1 Å². The molecule has 2 aliphatic rings. The van der Waals surface area contributed by atoms with Gasteiger partial charge in [-0.15, -0.1) is 0 Å². The number of hydrogen-bond acceptors (Lipinski definition) is 3. The summed E-state index contributed by atoms with van der Waals surface area (Å²) in [5, 5.41) is 0. The molecule has 1 saturated carbocycles. The standard InChI is InChI=1S/C19H27BO3/c1-18(2)19(3,4)23-20(22-18)16-11-9-14(10-12-16)13-15-7-5-6-8-17(15)21/h9-12,15H,5-8,13H2,1-4H3. The number of benzene rings is 1. The van der Waals surface area contributed by atoms with Gasteiger partial charge in [-0.25, -0.2) is 0 Å². The highest BCUT2D eigenvalue weighted by atomic mass is 16.7. The first kappa shape index (κ1) is 16.7. The largest absolute Gasteiger partial charge is 0.494 e. The second-order valence-corrected chi connectivity index (χ2v) is 7.94. The Morgan fingerprint density at radius 1 is 1.04 bits per heavy atom. The highest BCUT2D eigenvalue weighted by Gasteiger charge is 2.51. The summed E-state index contributed by atoms with van der Waals surface area (Å²) in [6.45, 7) is 8.26. The lowest BCUT2D eigenvalue weighted by molar-refractivity contribution is -0.124. The quantitative estimate of drug-likeness (QED) is 0.803. The zero-order valence-electron chi connectivity index (χ0n) is 14.7. The van der Waals surface area contributed by atoms with Gasteiger partial charge >= 0.3 is 7.12 Å². The zero-order valence-corrected chi connectivity index (χ0v) is 14.7. The third-order valence-electron chi connectivity index (χ3n) is 5.67. The smallest absolute Gasteiger partial charge is 0.399 e. The third-order valence-corrected chi connectivity index (χ3v) is 5.67. The van der Waals surface area contributed by atoms with Gasteiger partial charge in [0.05, 0.1) is 11.2 Å². The van der Waals surface area contributed by atoms with Gasteiger partial charge in [0, 0.05) is 12.3 Å². The van der Waals surface area contributed by atoms with Crippen LogP contribution in [-0.4, -0.2) is 24.1 Å².